The van der Waals surface area contributed by atoms with Crippen LogP contribution in [0.15, 0.2) is 48.5 Å². The summed E-state index contributed by atoms with van der Waals surface area (Å²) in [6.45, 7) is -0.140. The lowest BCUT2D eigenvalue weighted by Crippen LogP contribution is -2.34. The van der Waals surface area contributed by atoms with E-state index in [0.29, 0.717) is 41.9 Å². The fraction of sp³-hybridized carbons (Fsp3) is 0.429. The molecule has 202 valence electrons. The molecule has 3 aromatic rings. The second-order valence-corrected chi connectivity index (χ2v) is 9.65. The highest BCUT2D eigenvalue weighted by Crippen LogP contribution is 2.34. The van der Waals surface area contributed by atoms with Gasteiger partial charge >= 0.3 is 6.18 Å². The van der Waals surface area contributed by atoms with Gasteiger partial charge in [-0.1, -0.05) is 31.0 Å². The number of nitrogens with one attached hydrogen (secondary N) is 2. The molecule has 0 radical (unpaired) electrons. The van der Waals surface area contributed by atoms with Crippen molar-refractivity contribution in [1.29, 1.82) is 0 Å². The van der Waals surface area contributed by atoms with E-state index < -0.39 is 11.7 Å². The van der Waals surface area contributed by atoms with Gasteiger partial charge < -0.3 is 10.6 Å². The van der Waals surface area contributed by atoms with E-state index >= 15 is 0 Å². The van der Waals surface area contributed by atoms with Gasteiger partial charge in [0.15, 0.2) is 5.82 Å². The van der Waals surface area contributed by atoms with E-state index in [1.165, 1.54) is 24.3 Å². The second-order valence-electron chi connectivity index (χ2n) is 9.65. The Labute approximate surface area is 219 Å². The van der Waals surface area contributed by atoms with E-state index in [-0.39, 0.29) is 29.8 Å². The second kappa shape index (κ2) is 12.3. The zero-order chi connectivity index (χ0) is 27.1. The minimum Gasteiger partial charge on any atom is -0.357 e. The number of nitrogens with zero attached hydrogens (tertiary/aromatic N) is 3. The molecule has 1 aliphatic rings. The van der Waals surface area contributed by atoms with E-state index in [0.717, 1.165) is 38.2 Å². The molecule has 0 unspecified atom stereocenters. The van der Waals surface area contributed by atoms with E-state index in [4.69, 9.17) is 0 Å². The SMILES string of the molecule is CNc1nc(CCC[C@@H]2CCC[C@H](C(=O)NCc3ccccc3C(F)(F)F)C2)nc(-c2ccc(F)cc2)n1. The first-order valence-electron chi connectivity index (χ1n) is 12.8. The third-order valence-corrected chi connectivity index (χ3v) is 6.95. The van der Waals surface area contributed by atoms with Gasteiger partial charge in [0.1, 0.15) is 11.6 Å². The third-order valence-electron chi connectivity index (χ3n) is 6.95. The van der Waals surface area contributed by atoms with Crippen LogP contribution in [0.4, 0.5) is 23.5 Å². The quantitative estimate of drug-likeness (QED) is 0.324. The molecule has 1 aromatic heterocycles. The average molecular weight is 530 g/mol. The van der Waals surface area contributed by atoms with Crippen LogP contribution in [0.1, 0.15) is 55.5 Å². The average Bonchev–Trinajstić information content (AvgIpc) is 2.91. The van der Waals surface area contributed by atoms with Crippen LogP contribution in [0.2, 0.25) is 0 Å². The van der Waals surface area contributed by atoms with Gasteiger partial charge in [-0.2, -0.15) is 23.1 Å². The summed E-state index contributed by atoms with van der Waals surface area (Å²) in [7, 11) is 1.72. The molecule has 6 nitrogen and oxygen atoms in total. The third kappa shape index (κ3) is 7.26. The number of halogens is 4. The molecule has 1 aliphatic carbocycles. The molecule has 1 amide bonds. The molecule has 0 bridgehead atoms. The number of carbonyl (C=O) groups excluding carboxylic acids is 1. The number of carbonyl (C=O) groups is 1. The maximum atomic E-state index is 13.3. The fourth-order valence-electron chi connectivity index (χ4n) is 4.99. The Morgan fingerprint density at radius 3 is 2.53 bits per heavy atom. The van der Waals surface area contributed by atoms with E-state index in [9.17, 15) is 22.4 Å². The van der Waals surface area contributed by atoms with Gasteiger partial charge in [-0.15, -0.1) is 0 Å². The predicted molar refractivity (Wildman–Crippen MR) is 136 cm³/mol. The van der Waals surface area contributed by atoms with Crippen molar-refractivity contribution in [3.63, 3.8) is 0 Å². The number of aromatic nitrogens is 3. The number of rotatable bonds is 9. The fourth-order valence-corrected chi connectivity index (χ4v) is 4.99. The first-order valence-corrected chi connectivity index (χ1v) is 12.8. The van der Waals surface area contributed by atoms with Crippen molar-refractivity contribution < 1.29 is 22.4 Å². The number of anilines is 1. The molecular formula is C28H31F4N5O. The molecular weight excluding hydrogens is 498 g/mol. The highest BCUT2D eigenvalue weighted by Gasteiger charge is 2.33. The molecule has 0 saturated heterocycles. The topological polar surface area (TPSA) is 79.8 Å². The Hall–Kier alpha value is -3.56. The van der Waals surface area contributed by atoms with Crippen LogP contribution in [0.5, 0.6) is 0 Å². The van der Waals surface area contributed by atoms with Crippen LogP contribution in [-0.2, 0) is 23.9 Å². The van der Waals surface area contributed by atoms with Gasteiger partial charge in [0.25, 0.3) is 0 Å². The summed E-state index contributed by atoms with van der Waals surface area (Å²) in [4.78, 5) is 26.2. The molecule has 2 atom stereocenters. The maximum absolute atomic E-state index is 13.3. The first kappa shape index (κ1) is 27.5. The number of hydrogen-bond acceptors (Lipinski definition) is 5. The minimum absolute atomic E-state index is 0.0685. The number of alkyl halides is 3. The number of aryl methyl sites for hydroxylation is 1. The number of amides is 1. The molecule has 2 N–H and O–H groups in total. The summed E-state index contributed by atoms with van der Waals surface area (Å²) < 4.78 is 53.0. The highest BCUT2D eigenvalue weighted by molar-refractivity contribution is 5.78. The van der Waals surface area contributed by atoms with Crippen molar-refractivity contribution in [1.82, 2.24) is 20.3 Å². The normalized spacial score (nSPS) is 17.7. The molecule has 2 aromatic carbocycles. The lowest BCUT2D eigenvalue weighted by Gasteiger charge is -2.28. The minimum atomic E-state index is -4.45. The Kier molecular flexibility index (Phi) is 8.91. The molecule has 10 heteroatoms. The van der Waals surface area contributed by atoms with Crippen molar-refractivity contribution in [2.45, 2.75) is 57.7 Å². The summed E-state index contributed by atoms with van der Waals surface area (Å²) in [5.41, 5.74) is 0.0497. The van der Waals surface area contributed by atoms with Gasteiger partial charge in [-0.25, -0.2) is 9.37 Å². The van der Waals surface area contributed by atoms with Crippen molar-refractivity contribution in [3.05, 3.63) is 71.3 Å². The molecule has 0 spiro atoms. The monoisotopic (exact) mass is 529 g/mol. The van der Waals surface area contributed by atoms with Crippen molar-refractivity contribution in [2.24, 2.45) is 11.8 Å². The molecule has 4 rings (SSSR count). The molecule has 0 aliphatic heterocycles. The summed E-state index contributed by atoms with van der Waals surface area (Å²) >= 11 is 0. The first-order chi connectivity index (χ1) is 18.2. The summed E-state index contributed by atoms with van der Waals surface area (Å²) in [5.74, 6) is 1.18. The smallest absolute Gasteiger partial charge is 0.357 e. The summed E-state index contributed by atoms with van der Waals surface area (Å²) in [6.07, 6.45) is 1.28. The summed E-state index contributed by atoms with van der Waals surface area (Å²) in [5, 5.41) is 5.66. The lowest BCUT2D eigenvalue weighted by atomic mass is 9.78. The van der Waals surface area contributed by atoms with Crippen LogP contribution in [0.3, 0.4) is 0 Å². The van der Waals surface area contributed by atoms with Crippen LogP contribution in [0.25, 0.3) is 11.4 Å². The van der Waals surface area contributed by atoms with Crippen molar-refractivity contribution >= 4 is 11.9 Å². The standard InChI is InChI=1S/C28H31F4N5O/c1-33-27-36-24(35-25(37-27)19-12-14-22(29)15-13-19)11-5-7-18-6-4-9-20(16-18)26(38)34-17-21-8-2-3-10-23(21)28(30,31)32/h2-3,8,10,12-15,18,20H,4-7,9,11,16-17H2,1H3,(H,34,38)(H,33,35,36,37)/t18-,20-/m0/s1. The van der Waals surface area contributed by atoms with Gasteiger partial charge in [0.2, 0.25) is 11.9 Å². The Bertz CT molecular complexity index is 1230. The predicted octanol–water partition coefficient (Wildman–Crippen LogP) is 6.18. The van der Waals surface area contributed by atoms with E-state index in [1.807, 2.05) is 0 Å². The largest absolute Gasteiger partial charge is 0.416 e. The highest BCUT2D eigenvalue weighted by atomic mass is 19.4. The van der Waals surface area contributed by atoms with Gasteiger partial charge in [-0.05, 0) is 67.5 Å². The van der Waals surface area contributed by atoms with Gasteiger partial charge in [0, 0.05) is 31.5 Å². The van der Waals surface area contributed by atoms with Crippen LogP contribution in [-0.4, -0.2) is 27.9 Å². The molecule has 38 heavy (non-hydrogen) atoms. The summed E-state index contributed by atoms with van der Waals surface area (Å²) in [6, 6.07) is 11.3. The zero-order valence-electron chi connectivity index (χ0n) is 21.2. The van der Waals surface area contributed by atoms with E-state index in [1.54, 1.807) is 25.2 Å². The number of hydrogen-bond donors (Lipinski definition) is 2. The zero-order valence-corrected chi connectivity index (χ0v) is 21.2. The van der Waals surface area contributed by atoms with Crippen molar-refractivity contribution in [2.75, 3.05) is 12.4 Å². The van der Waals surface area contributed by atoms with E-state index in [2.05, 4.69) is 25.6 Å². The molecule has 1 fully saturated rings. The van der Waals surface area contributed by atoms with Gasteiger partial charge in [0.05, 0.1) is 5.56 Å². The maximum Gasteiger partial charge on any atom is 0.416 e. The lowest BCUT2D eigenvalue weighted by molar-refractivity contribution is -0.138. The Morgan fingerprint density at radius 2 is 1.79 bits per heavy atom. The molecule has 1 saturated carbocycles. The van der Waals surface area contributed by atoms with Crippen LogP contribution < -0.4 is 10.6 Å². The van der Waals surface area contributed by atoms with Crippen molar-refractivity contribution in [3.8, 4) is 11.4 Å². The molecule has 1 heterocycles. The number of benzene rings is 2. The Balaban J connectivity index is 1.30. The van der Waals surface area contributed by atoms with Gasteiger partial charge in [-0.3, -0.25) is 4.79 Å². The van der Waals surface area contributed by atoms with Crippen LogP contribution in [0, 0.1) is 17.7 Å². The Morgan fingerprint density at radius 1 is 1.03 bits per heavy atom. The van der Waals surface area contributed by atoms with Crippen LogP contribution >= 0.6 is 0 Å².